The third kappa shape index (κ3) is 2.28. The normalized spacial score (nSPS) is 15.1. The smallest absolute Gasteiger partial charge is 0.123 e. The molecule has 0 saturated heterocycles. The fourth-order valence-corrected chi connectivity index (χ4v) is 3.26. The summed E-state index contributed by atoms with van der Waals surface area (Å²) < 4.78 is 0. The SMILES string of the molecule is NCc1sc(-c2ccc(Cl)c(Cl)c2)nc1C1CC1. The lowest BCUT2D eigenvalue weighted by Crippen LogP contribution is -1.96. The quantitative estimate of drug-likeness (QED) is 0.909. The van der Waals surface area contributed by atoms with E-state index in [-0.39, 0.29) is 0 Å². The van der Waals surface area contributed by atoms with Crippen molar-refractivity contribution in [3.8, 4) is 10.6 Å². The first-order valence-corrected chi connectivity index (χ1v) is 7.41. The molecule has 18 heavy (non-hydrogen) atoms. The van der Waals surface area contributed by atoms with Crippen LogP contribution < -0.4 is 5.73 Å². The summed E-state index contributed by atoms with van der Waals surface area (Å²) in [4.78, 5) is 5.91. The summed E-state index contributed by atoms with van der Waals surface area (Å²) in [5.74, 6) is 0.622. The van der Waals surface area contributed by atoms with Crippen LogP contribution in [0.5, 0.6) is 0 Å². The maximum atomic E-state index is 6.04. The fraction of sp³-hybridized carbons (Fsp3) is 0.308. The standard InChI is InChI=1S/C13H12Cl2N2S/c14-9-4-3-8(5-10(9)15)13-17-12(7-1-2-7)11(6-16)18-13/h3-5,7H,1-2,6,16H2. The zero-order valence-electron chi connectivity index (χ0n) is 9.62. The van der Waals surface area contributed by atoms with Crippen molar-refractivity contribution in [1.82, 2.24) is 4.98 Å². The van der Waals surface area contributed by atoms with Crippen LogP contribution >= 0.6 is 34.5 Å². The Labute approximate surface area is 120 Å². The highest BCUT2D eigenvalue weighted by atomic mass is 35.5. The molecule has 3 rings (SSSR count). The predicted octanol–water partition coefficient (Wildman–Crippen LogP) is 4.45. The van der Waals surface area contributed by atoms with Gasteiger partial charge < -0.3 is 5.73 Å². The van der Waals surface area contributed by atoms with Gasteiger partial charge in [0.2, 0.25) is 0 Å². The maximum Gasteiger partial charge on any atom is 0.123 e. The van der Waals surface area contributed by atoms with Crippen LogP contribution in [-0.2, 0) is 6.54 Å². The van der Waals surface area contributed by atoms with Gasteiger partial charge in [-0.1, -0.05) is 29.3 Å². The molecule has 0 atom stereocenters. The van der Waals surface area contributed by atoms with Gasteiger partial charge in [-0.25, -0.2) is 4.98 Å². The van der Waals surface area contributed by atoms with E-state index in [0.717, 1.165) is 10.6 Å². The van der Waals surface area contributed by atoms with Crippen LogP contribution in [-0.4, -0.2) is 4.98 Å². The van der Waals surface area contributed by atoms with Crippen molar-refractivity contribution < 1.29 is 0 Å². The molecule has 2 aromatic rings. The highest BCUT2D eigenvalue weighted by molar-refractivity contribution is 7.15. The van der Waals surface area contributed by atoms with Crippen molar-refractivity contribution in [3.05, 3.63) is 38.8 Å². The molecule has 0 bridgehead atoms. The Kier molecular flexibility index (Phi) is 3.32. The first kappa shape index (κ1) is 12.4. The highest BCUT2D eigenvalue weighted by Gasteiger charge is 2.29. The van der Waals surface area contributed by atoms with Gasteiger partial charge in [-0.3, -0.25) is 0 Å². The van der Waals surface area contributed by atoms with Crippen LogP contribution in [0.4, 0.5) is 0 Å². The van der Waals surface area contributed by atoms with Gasteiger partial charge in [-0.05, 0) is 25.0 Å². The molecule has 1 fully saturated rings. The number of nitrogens with two attached hydrogens (primary N) is 1. The van der Waals surface area contributed by atoms with Gasteiger partial charge in [0.1, 0.15) is 5.01 Å². The number of rotatable bonds is 3. The van der Waals surface area contributed by atoms with E-state index in [9.17, 15) is 0 Å². The Hall–Kier alpha value is -0.610. The summed E-state index contributed by atoms with van der Waals surface area (Å²) in [6.45, 7) is 0.560. The summed E-state index contributed by atoms with van der Waals surface area (Å²) in [6.07, 6.45) is 2.47. The number of hydrogen-bond acceptors (Lipinski definition) is 3. The topological polar surface area (TPSA) is 38.9 Å². The van der Waals surface area contributed by atoms with Crippen LogP contribution in [0, 0.1) is 0 Å². The second kappa shape index (κ2) is 4.82. The van der Waals surface area contributed by atoms with E-state index < -0.39 is 0 Å². The van der Waals surface area contributed by atoms with Crippen LogP contribution in [0.25, 0.3) is 10.6 Å². The molecule has 94 valence electrons. The Balaban J connectivity index is 2.02. The van der Waals surface area contributed by atoms with Crippen molar-refractivity contribution in [3.63, 3.8) is 0 Å². The number of halogens is 2. The van der Waals surface area contributed by atoms with Crippen LogP contribution in [0.2, 0.25) is 10.0 Å². The van der Waals surface area contributed by atoms with Crippen molar-refractivity contribution in [2.45, 2.75) is 25.3 Å². The Morgan fingerprint density at radius 3 is 2.67 bits per heavy atom. The van der Waals surface area contributed by atoms with Gasteiger partial charge in [-0.2, -0.15) is 0 Å². The largest absolute Gasteiger partial charge is 0.326 e. The molecule has 0 amide bonds. The molecule has 2 nitrogen and oxygen atoms in total. The van der Waals surface area contributed by atoms with E-state index in [2.05, 4.69) is 0 Å². The summed E-state index contributed by atoms with van der Waals surface area (Å²) >= 11 is 13.6. The maximum absolute atomic E-state index is 6.04. The predicted molar refractivity (Wildman–Crippen MR) is 77.4 cm³/mol. The monoisotopic (exact) mass is 298 g/mol. The van der Waals surface area contributed by atoms with Gasteiger partial charge in [0.15, 0.2) is 0 Å². The molecular weight excluding hydrogens is 287 g/mol. The van der Waals surface area contributed by atoms with Crippen molar-refractivity contribution in [1.29, 1.82) is 0 Å². The molecule has 1 aliphatic rings. The Morgan fingerprint density at radius 1 is 1.28 bits per heavy atom. The van der Waals surface area contributed by atoms with E-state index in [1.807, 2.05) is 12.1 Å². The second-order valence-electron chi connectivity index (χ2n) is 4.43. The van der Waals surface area contributed by atoms with Crippen molar-refractivity contribution in [2.24, 2.45) is 5.73 Å². The molecule has 1 aromatic carbocycles. The second-order valence-corrected chi connectivity index (χ2v) is 6.33. The lowest BCUT2D eigenvalue weighted by atomic mass is 10.2. The molecular formula is C13H12Cl2N2S. The van der Waals surface area contributed by atoms with Gasteiger partial charge in [0.05, 0.1) is 15.7 Å². The Bertz CT molecular complexity index is 591. The van der Waals surface area contributed by atoms with Gasteiger partial charge >= 0.3 is 0 Å². The van der Waals surface area contributed by atoms with E-state index in [0.29, 0.717) is 22.5 Å². The van der Waals surface area contributed by atoms with Crippen molar-refractivity contribution >= 4 is 34.5 Å². The van der Waals surface area contributed by atoms with Crippen LogP contribution in [0.15, 0.2) is 18.2 Å². The third-order valence-electron chi connectivity index (χ3n) is 3.04. The molecule has 1 saturated carbocycles. The summed E-state index contributed by atoms with van der Waals surface area (Å²) in [5, 5.41) is 2.11. The number of nitrogens with zero attached hydrogens (tertiary/aromatic N) is 1. The average Bonchev–Trinajstić information content (AvgIpc) is 3.12. The molecule has 1 aliphatic carbocycles. The van der Waals surface area contributed by atoms with E-state index in [4.69, 9.17) is 33.9 Å². The number of benzene rings is 1. The van der Waals surface area contributed by atoms with Gasteiger partial charge in [0.25, 0.3) is 0 Å². The molecule has 0 unspecified atom stereocenters. The van der Waals surface area contributed by atoms with Gasteiger partial charge in [-0.15, -0.1) is 11.3 Å². The number of thiazole rings is 1. The fourth-order valence-electron chi connectivity index (χ4n) is 1.94. The first-order chi connectivity index (χ1) is 8.69. The first-order valence-electron chi connectivity index (χ1n) is 5.84. The van der Waals surface area contributed by atoms with Gasteiger partial charge in [0, 0.05) is 22.9 Å². The number of hydrogen-bond donors (Lipinski definition) is 1. The van der Waals surface area contributed by atoms with E-state index in [1.54, 1.807) is 17.4 Å². The lowest BCUT2D eigenvalue weighted by molar-refractivity contribution is 0.980. The minimum atomic E-state index is 0.560. The number of aromatic nitrogens is 1. The van der Waals surface area contributed by atoms with Crippen LogP contribution in [0.3, 0.4) is 0 Å². The van der Waals surface area contributed by atoms with E-state index in [1.165, 1.54) is 23.4 Å². The molecule has 2 N–H and O–H groups in total. The zero-order valence-corrected chi connectivity index (χ0v) is 11.9. The third-order valence-corrected chi connectivity index (χ3v) is 4.93. The molecule has 0 radical (unpaired) electrons. The molecule has 0 aliphatic heterocycles. The highest BCUT2D eigenvalue weighted by Crippen LogP contribution is 2.44. The molecule has 0 spiro atoms. The molecule has 1 heterocycles. The van der Waals surface area contributed by atoms with E-state index >= 15 is 0 Å². The Morgan fingerprint density at radius 2 is 2.06 bits per heavy atom. The minimum Gasteiger partial charge on any atom is -0.326 e. The molecule has 5 heteroatoms. The zero-order chi connectivity index (χ0) is 12.7. The summed E-state index contributed by atoms with van der Waals surface area (Å²) in [5.41, 5.74) is 7.98. The summed E-state index contributed by atoms with van der Waals surface area (Å²) in [6, 6.07) is 5.61. The lowest BCUT2D eigenvalue weighted by Gasteiger charge is -1.99. The summed E-state index contributed by atoms with van der Waals surface area (Å²) in [7, 11) is 0. The minimum absolute atomic E-state index is 0.560. The molecule has 1 aromatic heterocycles. The van der Waals surface area contributed by atoms with Crippen LogP contribution in [0.1, 0.15) is 29.3 Å². The average molecular weight is 299 g/mol. The van der Waals surface area contributed by atoms with Crippen molar-refractivity contribution in [2.75, 3.05) is 0 Å².